The number of nitrogens with zero attached hydrogens (tertiary/aromatic N) is 2. The van der Waals surface area contributed by atoms with Crippen LogP contribution in [-0.4, -0.2) is 15.8 Å². The molecule has 0 aliphatic heterocycles. The van der Waals surface area contributed by atoms with E-state index in [1.54, 1.807) is 6.20 Å². The third-order valence-electron chi connectivity index (χ3n) is 4.79. The lowest BCUT2D eigenvalue weighted by Crippen LogP contribution is -2.46. The summed E-state index contributed by atoms with van der Waals surface area (Å²) in [6.45, 7) is 9.78. The van der Waals surface area contributed by atoms with Crippen molar-refractivity contribution in [2.45, 2.75) is 65.0 Å². The molecule has 1 fully saturated rings. The van der Waals surface area contributed by atoms with Crippen molar-refractivity contribution in [2.75, 3.05) is 0 Å². The Labute approximate surface area is 121 Å². The van der Waals surface area contributed by atoms with Gasteiger partial charge in [-0.15, -0.1) is 0 Å². The summed E-state index contributed by atoms with van der Waals surface area (Å²) >= 11 is 6.38. The highest BCUT2D eigenvalue weighted by atomic mass is 35.5. The number of hydrogen-bond donors (Lipinski definition) is 1. The van der Waals surface area contributed by atoms with Gasteiger partial charge in [0.2, 0.25) is 0 Å². The highest BCUT2D eigenvalue weighted by molar-refractivity contribution is 6.31. The van der Waals surface area contributed by atoms with E-state index < -0.39 is 0 Å². The Morgan fingerprint density at radius 2 is 2.16 bits per heavy atom. The molecule has 1 saturated carbocycles. The van der Waals surface area contributed by atoms with Crippen LogP contribution in [0.25, 0.3) is 0 Å². The second kappa shape index (κ2) is 5.45. The monoisotopic (exact) mass is 283 g/mol. The molecule has 1 aliphatic rings. The van der Waals surface area contributed by atoms with Gasteiger partial charge in [-0.2, -0.15) is 5.10 Å². The summed E-state index contributed by atoms with van der Waals surface area (Å²) in [5.41, 5.74) is 7.55. The highest BCUT2D eigenvalue weighted by Crippen LogP contribution is 2.43. The molecular formula is C15H26ClN3. The molecule has 3 atom stereocenters. The maximum atomic E-state index is 6.43. The van der Waals surface area contributed by atoms with Crippen molar-refractivity contribution in [2.24, 2.45) is 17.6 Å². The number of aryl methyl sites for hydroxylation is 1. The predicted molar refractivity (Wildman–Crippen MR) is 80.4 cm³/mol. The molecule has 1 aliphatic carbocycles. The lowest BCUT2D eigenvalue weighted by molar-refractivity contribution is 0.164. The molecule has 1 aromatic heterocycles. The summed E-state index contributed by atoms with van der Waals surface area (Å²) < 4.78 is 2.02. The zero-order valence-electron chi connectivity index (χ0n) is 12.5. The zero-order valence-corrected chi connectivity index (χ0v) is 13.2. The van der Waals surface area contributed by atoms with Gasteiger partial charge in [0, 0.05) is 18.0 Å². The topological polar surface area (TPSA) is 43.8 Å². The lowest BCUT2D eigenvalue weighted by atomic mass is 9.65. The van der Waals surface area contributed by atoms with Gasteiger partial charge in [-0.25, -0.2) is 0 Å². The minimum absolute atomic E-state index is 0.0247. The third-order valence-corrected chi connectivity index (χ3v) is 5.07. The van der Waals surface area contributed by atoms with Crippen LogP contribution in [0.15, 0.2) is 6.20 Å². The fourth-order valence-electron chi connectivity index (χ4n) is 3.74. The van der Waals surface area contributed by atoms with E-state index in [2.05, 4.69) is 32.8 Å². The smallest absolute Gasteiger partial charge is 0.0823 e. The van der Waals surface area contributed by atoms with Gasteiger partial charge in [-0.05, 0) is 31.6 Å². The van der Waals surface area contributed by atoms with Crippen LogP contribution < -0.4 is 5.73 Å². The van der Waals surface area contributed by atoms with Crippen LogP contribution in [0, 0.1) is 11.8 Å². The van der Waals surface area contributed by atoms with Crippen LogP contribution in [0.5, 0.6) is 0 Å². The Morgan fingerprint density at radius 3 is 2.74 bits per heavy atom. The Balaban J connectivity index is 2.33. The first-order valence-corrected chi connectivity index (χ1v) is 7.73. The average molecular weight is 284 g/mol. The molecule has 1 aromatic rings. The van der Waals surface area contributed by atoms with Crippen molar-refractivity contribution in [3.8, 4) is 0 Å². The Hall–Kier alpha value is -0.540. The quantitative estimate of drug-likeness (QED) is 0.921. The van der Waals surface area contributed by atoms with Crippen molar-refractivity contribution < 1.29 is 0 Å². The van der Waals surface area contributed by atoms with E-state index in [0.717, 1.165) is 29.6 Å². The first-order valence-electron chi connectivity index (χ1n) is 7.35. The van der Waals surface area contributed by atoms with Gasteiger partial charge < -0.3 is 5.73 Å². The van der Waals surface area contributed by atoms with Crippen molar-refractivity contribution >= 4 is 11.6 Å². The van der Waals surface area contributed by atoms with Crippen LogP contribution >= 0.6 is 11.6 Å². The van der Waals surface area contributed by atoms with Gasteiger partial charge in [0.05, 0.1) is 16.9 Å². The molecule has 0 bridgehead atoms. The molecule has 0 aromatic carbocycles. The van der Waals surface area contributed by atoms with Crippen LogP contribution in [0.2, 0.25) is 5.02 Å². The van der Waals surface area contributed by atoms with E-state index in [1.807, 2.05) is 4.68 Å². The first kappa shape index (κ1) is 14.9. The summed E-state index contributed by atoms with van der Waals surface area (Å²) in [6.07, 6.45) is 5.32. The largest absolute Gasteiger partial charge is 0.327 e. The van der Waals surface area contributed by atoms with Gasteiger partial charge in [-0.3, -0.25) is 4.68 Å². The fourth-order valence-corrected chi connectivity index (χ4v) is 4.12. The fraction of sp³-hybridized carbons (Fsp3) is 0.800. The summed E-state index contributed by atoms with van der Waals surface area (Å²) in [4.78, 5) is 0. The number of hydrogen-bond acceptors (Lipinski definition) is 2. The molecule has 1 heterocycles. The second-order valence-corrected chi connectivity index (χ2v) is 6.97. The Morgan fingerprint density at radius 1 is 1.47 bits per heavy atom. The molecule has 19 heavy (non-hydrogen) atoms. The van der Waals surface area contributed by atoms with Crippen molar-refractivity contribution in [3.63, 3.8) is 0 Å². The van der Waals surface area contributed by atoms with E-state index in [4.69, 9.17) is 17.3 Å². The average Bonchev–Trinajstić information content (AvgIpc) is 2.70. The normalized spacial score (nSPS) is 28.6. The summed E-state index contributed by atoms with van der Waals surface area (Å²) in [6, 6.07) is 0.259. The van der Waals surface area contributed by atoms with Crippen molar-refractivity contribution in [1.82, 2.24) is 9.78 Å². The molecule has 0 saturated heterocycles. The lowest BCUT2D eigenvalue weighted by Gasteiger charge is -2.43. The van der Waals surface area contributed by atoms with E-state index in [9.17, 15) is 0 Å². The number of halogens is 1. The summed E-state index contributed by atoms with van der Waals surface area (Å²) in [5.74, 6) is 1.22. The first-order chi connectivity index (χ1) is 8.87. The van der Waals surface area contributed by atoms with Crippen molar-refractivity contribution in [1.29, 1.82) is 0 Å². The van der Waals surface area contributed by atoms with Gasteiger partial charge in [0.15, 0.2) is 0 Å². The molecule has 0 spiro atoms. The third kappa shape index (κ3) is 2.68. The Bertz CT molecular complexity index is 439. The molecule has 3 nitrogen and oxygen atoms in total. The number of nitrogens with two attached hydrogens (primary N) is 1. The molecular weight excluding hydrogens is 258 g/mol. The second-order valence-electron chi connectivity index (χ2n) is 6.57. The van der Waals surface area contributed by atoms with Crippen LogP contribution in [0.3, 0.4) is 0 Å². The molecule has 3 unspecified atom stereocenters. The van der Waals surface area contributed by atoms with Gasteiger partial charge in [-0.1, -0.05) is 38.8 Å². The Kier molecular flexibility index (Phi) is 4.26. The SMILES string of the molecule is CCn1ncc(Cl)c1C(C)(C)C1CCC(C)CC1N. The van der Waals surface area contributed by atoms with Crippen molar-refractivity contribution in [3.05, 3.63) is 16.9 Å². The standard InChI is InChI=1S/C15H26ClN3/c1-5-19-14(12(16)9-18-19)15(3,4)11-7-6-10(2)8-13(11)17/h9-11,13H,5-8,17H2,1-4H3. The summed E-state index contributed by atoms with van der Waals surface area (Å²) in [5, 5.41) is 5.15. The molecule has 0 amide bonds. The number of aromatic nitrogens is 2. The summed E-state index contributed by atoms with van der Waals surface area (Å²) in [7, 11) is 0. The van der Waals surface area contributed by atoms with E-state index in [-0.39, 0.29) is 11.5 Å². The molecule has 108 valence electrons. The minimum atomic E-state index is -0.0247. The van der Waals surface area contributed by atoms with E-state index >= 15 is 0 Å². The predicted octanol–water partition coefficient (Wildman–Crippen LogP) is 3.60. The molecule has 2 rings (SSSR count). The molecule has 4 heteroatoms. The van der Waals surface area contributed by atoms with E-state index in [0.29, 0.717) is 5.92 Å². The van der Waals surface area contributed by atoms with Gasteiger partial charge in [0.25, 0.3) is 0 Å². The maximum absolute atomic E-state index is 6.43. The van der Waals surface area contributed by atoms with Gasteiger partial charge in [0.1, 0.15) is 0 Å². The number of rotatable bonds is 3. The molecule has 0 radical (unpaired) electrons. The van der Waals surface area contributed by atoms with Gasteiger partial charge >= 0.3 is 0 Å². The van der Waals surface area contributed by atoms with Crippen LogP contribution in [-0.2, 0) is 12.0 Å². The minimum Gasteiger partial charge on any atom is -0.327 e. The zero-order chi connectivity index (χ0) is 14.2. The molecule has 2 N–H and O–H groups in total. The highest BCUT2D eigenvalue weighted by Gasteiger charge is 2.41. The van der Waals surface area contributed by atoms with Crippen LogP contribution in [0.1, 0.15) is 52.7 Å². The van der Waals surface area contributed by atoms with E-state index in [1.165, 1.54) is 12.8 Å². The maximum Gasteiger partial charge on any atom is 0.0823 e. The van der Waals surface area contributed by atoms with Crippen LogP contribution in [0.4, 0.5) is 0 Å².